The smallest absolute Gasteiger partial charge is 0.339 e. The van der Waals surface area contributed by atoms with Gasteiger partial charge >= 0.3 is 5.97 Å². The average Bonchev–Trinajstić information content (AvgIpc) is 2.52. The number of rotatable bonds is 8. The van der Waals surface area contributed by atoms with Gasteiger partial charge in [-0.05, 0) is 38.0 Å². The van der Waals surface area contributed by atoms with Gasteiger partial charge in [0.05, 0.1) is 19.3 Å². The van der Waals surface area contributed by atoms with E-state index in [9.17, 15) is 9.59 Å². The Bertz CT molecular complexity index is 542. The first kappa shape index (κ1) is 18.8. The van der Waals surface area contributed by atoms with Crippen molar-refractivity contribution in [2.24, 2.45) is 5.92 Å². The van der Waals surface area contributed by atoms with E-state index in [1.807, 2.05) is 20.8 Å². The number of methoxy groups -OCH3 is 1. The molecule has 128 valence electrons. The fourth-order valence-electron chi connectivity index (χ4n) is 1.80. The Morgan fingerprint density at radius 1 is 1.17 bits per heavy atom. The van der Waals surface area contributed by atoms with Gasteiger partial charge in [0.25, 0.3) is 5.91 Å². The third-order valence-corrected chi connectivity index (χ3v) is 3.04. The van der Waals surface area contributed by atoms with Gasteiger partial charge in [-0.15, -0.1) is 0 Å². The Hall–Kier alpha value is -2.24. The summed E-state index contributed by atoms with van der Waals surface area (Å²) in [5.41, 5.74) is 0.300. The third kappa shape index (κ3) is 5.81. The van der Waals surface area contributed by atoms with Crippen molar-refractivity contribution in [2.75, 3.05) is 20.3 Å². The molecule has 23 heavy (non-hydrogen) atoms. The van der Waals surface area contributed by atoms with Crippen LogP contribution in [0, 0.1) is 5.92 Å². The van der Waals surface area contributed by atoms with Crippen molar-refractivity contribution >= 4 is 11.9 Å². The predicted octanol–water partition coefficient (Wildman–Crippen LogP) is 2.41. The standard InChI is InChI=1S/C17H25NO5/c1-6-22-14-8-7-13(9-15(14)21-5)17(20)23-12(4)16(19)18-10-11(2)3/h7-9,11-12H,6,10H2,1-5H3,(H,18,19)/t12-/m0/s1. The van der Waals surface area contributed by atoms with Crippen LogP contribution in [-0.2, 0) is 9.53 Å². The minimum atomic E-state index is -0.862. The highest BCUT2D eigenvalue weighted by Gasteiger charge is 2.20. The summed E-state index contributed by atoms with van der Waals surface area (Å²) in [4.78, 5) is 24.0. The molecule has 0 aliphatic heterocycles. The lowest BCUT2D eigenvalue weighted by atomic mass is 10.2. The molecule has 0 aliphatic carbocycles. The minimum absolute atomic E-state index is 0.300. The molecule has 1 aromatic carbocycles. The van der Waals surface area contributed by atoms with E-state index in [-0.39, 0.29) is 5.91 Å². The van der Waals surface area contributed by atoms with E-state index in [0.29, 0.717) is 36.1 Å². The fourth-order valence-corrected chi connectivity index (χ4v) is 1.80. The van der Waals surface area contributed by atoms with Gasteiger partial charge in [0.2, 0.25) is 0 Å². The Morgan fingerprint density at radius 2 is 1.87 bits per heavy atom. The molecular weight excluding hydrogens is 298 g/mol. The second-order valence-corrected chi connectivity index (χ2v) is 5.49. The number of esters is 1. The molecule has 6 nitrogen and oxygen atoms in total. The molecule has 0 heterocycles. The molecule has 0 saturated heterocycles. The zero-order chi connectivity index (χ0) is 17.4. The summed E-state index contributed by atoms with van der Waals surface area (Å²) in [5, 5.41) is 2.73. The highest BCUT2D eigenvalue weighted by molar-refractivity contribution is 5.92. The van der Waals surface area contributed by atoms with Crippen molar-refractivity contribution in [3.8, 4) is 11.5 Å². The van der Waals surface area contributed by atoms with Gasteiger partial charge in [0.15, 0.2) is 17.6 Å². The molecule has 1 rings (SSSR count). The van der Waals surface area contributed by atoms with E-state index in [0.717, 1.165) is 0 Å². The second kappa shape index (κ2) is 9.02. The number of ether oxygens (including phenoxy) is 3. The molecule has 0 radical (unpaired) electrons. The molecule has 1 atom stereocenters. The highest BCUT2D eigenvalue weighted by Crippen LogP contribution is 2.28. The molecule has 0 aromatic heterocycles. The Balaban J connectivity index is 2.72. The molecule has 0 aliphatic rings. The molecule has 1 N–H and O–H groups in total. The lowest BCUT2D eigenvalue weighted by Gasteiger charge is -2.15. The van der Waals surface area contributed by atoms with Gasteiger partial charge in [0.1, 0.15) is 0 Å². The van der Waals surface area contributed by atoms with Crippen molar-refractivity contribution in [1.29, 1.82) is 0 Å². The van der Waals surface area contributed by atoms with E-state index < -0.39 is 12.1 Å². The monoisotopic (exact) mass is 323 g/mol. The zero-order valence-corrected chi connectivity index (χ0v) is 14.3. The summed E-state index contributed by atoms with van der Waals surface area (Å²) >= 11 is 0. The van der Waals surface area contributed by atoms with Crippen molar-refractivity contribution in [2.45, 2.75) is 33.8 Å². The van der Waals surface area contributed by atoms with Gasteiger partial charge in [-0.25, -0.2) is 4.79 Å². The van der Waals surface area contributed by atoms with Crippen molar-refractivity contribution < 1.29 is 23.8 Å². The van der Waals surface area contributed by atoms with Crippen LogP contribution in [0.25, 0.3) is 0 Å². The molecule has 0 saturated carbocycles. The van der Waals surface area contributed by atoms with Crippen LogP contribution in [-0.4, -0.2) is 38.2 Å². The van der Waals surface area contributed by atoms with Crippen LogP contribution in [0.2, 0.25) is 0 Å². The van der Waals surface area contributed by atoms with Crippen LogP contribution in [0.4, 0.5) is 0 Å². The summed E-state index contributed by atoms with van der Waals surface area (Å²) in [6.45, 7) is 8.41. The highest BCUT2D eigenvalue weighted by atomic mass is 16.5. The van der Waals surface area contributed by atoms with Crippen LogP contribution in [0.3, 0.4) is 0 Å². The minimum Gasteiger partial charge on any atom is -0.493 e. The molecule has 1 amide bonds. The first-order valence-electron chi connectivity index (χ1n) is 7.68. The van der Waals surface area contributed by atoms with Crippen LogP contribution in [0.5, 0.6) is 11.5 Å². The summed E-state index contributed by atoms with van der Waals surface area (Å²) in [6.07, 6.45) is -0.862. The Morgan fingerprint density at radius 3 is 2.43 bits per heavy atom. The van der Waals surface area contributed by atoms with Crippen LogP contribution >= 0.6 is 0 Å². The average molecular weight is 323 g/mol. The number of amides is 1. The second-order valence-electron chi connectivity index (χ2n) is 5.49. The van der Waals surface area contributed by atoms with Crippen molar-refractivity contribution in [3.63, 3.8) is 0 Å². The van der Waals surface area contributed by atoms with Gasteiger partial charge in [-0.2, -0.15) is 0 Å². The van der Waals surface area contributed by atoms with Gasteiger partial charge in [-0.1, -0.05) is 13.8 Å². The van der Waals surface area contributed by atoms with E-state index in [1.54, 1.807) is 19.1 Å². The molecular formula is C17H25NO5. The first-order valence-corrected chi connectivity index (χ1v) is 7.68. The number of carbonyl (C=O) groups excluding carboxylic acids is 2. The van der Waals surface area contributed by atoms with E-state index in [1.165, 1.54) is 13.2 Å². The quantitative estimate of drug-likeness (QED) is 0.744. The van der Waals surface area contributed by atoms with Gasteiger partial charge in [0, 0.05) is 6.54 Å². The summed E-state index contributed by atoms with van der Waals surface area (Å²) in [5.74, 6) is 0.424. The Kier molecular flexibility index (Phi) is 7.38. The topological polar surface area (TPSA) is 73.9 Å². The Labute approximate surface area is 137 Å². The van der Waals surface area contributed by atoms with Gasteiger partial charge in [-0.3, -0.25) is 4.79 Å². The van der Waals surface area contributed by atoms with Crippen LogP contribution < -0.4 is 14.8 Å². The lowest BCUT2D eigenvalue weighted by Crippen LogP contribution is -2.37. The number of hydrogen-bond acceptors (Lipinski definition) is 5. The zero-order valence-electron chi connectivity index (χ0n) is 14.3. The van der Waals surface area contributed by atoms with Crippen LogP contribution in [0.1, 0.15) is 38.1 Å². The SMILES string of the molecule is CCOc1ccc(C(=O)O[C@@H](C)C(=O)NCC(C)C)cc1OC. The molecule has 0 fully saturated rings. The predicted molar refractivity (Wildman–Crippen MR) is 86.9 cm³/mol. The molecule has 1 aromatic rings. The van der Waals surface area contributed by atoms with Crippen molar-refractivity contribution in [3.05, 3.63) is 23.8 Å². The summed E-state index contributed by atoms with van der Waals surface area (Å²) in [6, 6.07) is 4.75. The fraction of sp³-hybridized carbons (Fsp3) is 0.529. The normalized spacial score (nSPS) is 11.7. The molecule has 0 unspecified atom stereocenters. The van der Waals surface area contributed by atoms with Crippen LogP contribution in [0.15, 0.2) is 18.2 Å². The summed E-state index contributed by atoms with van der Waals surface area (Å²) < 4.78 is 15.8. The van der Waals surface area contributed by atoms with E-state index in [4.69, 9.17) is 14.2 Å². The van der Waals surface area contributed by atoms with Crippen molar-refractivity contribution in [1.82, 2.24) is 5.32 Å². The molecule has 6 heteroatoms. The lowest BCUT2D eigenvalue weighted by molar-refractivity contribution is -0.129. The first-order chi connectivity index (χ1) is 10.9. The van der Waals surface area contributed by atoms with E-state index >= 15 is 0 Å². The maximum atomic E-state index is 12.1. The molecule has 0 bridgehead atoms. The number of hydrogen-bond donors (Lipinski definition) is 1. The number of carbonyl (C=O) groups is 2. The van der Waals surface area contributed by atoms with Gasteiger partial charge < -0.3 is 19.5 Å². The summed E-state index contributed by atoms with van der Waals surface area (Å²) in [7, 11) is 1.49. The largest absolute Gasteiger partial charge is 0.493 e. The maximum absolute atomic E-state index is 12.1. The maximum Gasteiger partial charge on any atom is 0.339 e. The number of nitrogens with one attached hydrogen (secondary N) is 1. The number of benzene rings is 1. The third-order valence-electron chi connectivity index (χ3n) is 3.04. The van der Waals surface area contributed by atoms with E-state index in [2.05, 4.69) is 5.32 Å². The molecule has 0 spiro atoms.